The molecule has 0 radical (unpaired) electrons. The normalized spacial score (nSPS) is 13.0. The lowest BCUT2D eigenvalue weighted by atomic mass is 10.0. The van der Waals surface area contributed by atoms with Crippen molar-refractivity contribution < 1.29 is 22.3 Å². The Morgan fingerprint density at radius 3 is 2.38 bits per heavy atom. The van der Waals surface area contributed by atoms with E-state index in [1.54, 1.807) is 0 Å². The van der Waals surface area contributed by atoms with Crippen LogP contribution in [0.4, 0.5) is 17.6 Å². The summed E-state index contributed by atoms with van der Waals surface area (Å²) < 4.78 is 56.1. The zero-order valence-corrected chi connectivity index (χ0v) is 11.0. The smallest absolute Gasteiger partial charge is 0.417 e. The summed E-state index contributed by atoms with van der Waals surface area (Å²) >= 11 is 0. The van der Waals surface area contributed by atoms with Gasteiger partial charge in [0.15, 0.2) is 0 Å². The molecule has 1 heterocycles. The Morgan fingerprint density at radius 1 is 1.19 bits per heavy atom. The molecule has 0 aliphatic carbocycles. The van der Waals surface area contributed by atoms with E-state index in [0.717, 1.165) is 18.2 Å². The number of pyridine rings is 1. The van der Waals surface area contributed by atoms with Crippen LogP contribution < -0.4 is 10.5 Å². The van der Waals surface area contributed by atoms with E-state index in [4.69, 9.17) is 10.5 Å². The van der Waals surface area contributed by atoms with Crippen LogP contribution in [-0.2, 0) is 6.18 Å². The molecule has 0 spiro atoms. The molecule has 0 fully saturated rings. The molecule has 0 amide bonds. The molecule has 112 valence electrons. The number of alkyl halides is 3. The summed E-state index contributed by atoms with van der Waals surface area (Å²) in [6.45, 7) is 0. The van der Waals surface area contributed by atoms with Crippen molar-refractivity contribution in [2.24, 2.45) is 5.73 Å². The minimum Gasteiger partial charge on any atom is -0.497 e. The van der Waals surface area contributed by atoms with Gasteiger partial charge in [-0.1, -0.05) is 6.07 Å². The highest BCUT2D eigenvalue weighted by Crippen LogP contribution is 2.30. The van der Waals surface area contributed by atoms with Gasteiger partial charge in [0.05, 0.1) is 24.4 Å². The molecule has 7 heteroatoms. The molecule has 2 aromatic rings. The first kappa shape index (κ1) is 15.2. The van der Waals surface area contributed by atoms with Crippen LogP contribution in [0.2, 0.25) is 0 Å². The van der Waals surface area contributed by atoms with E-state index < -0.39 is 23.6 Å². The fourth-order valence-corrected chi connectivity index (χ4v) is 1.80. The van der Waals surface area contributed by atoms with Gasteiger partial charge in [-0.15, -0.1) is 0 Å². The third kappa shape index (κ3) is 3.30. The maximum atomic E-state index is 13.9. The van der Waals surface area contributed by atoms with Crippen molar-refractivity contribution in [2.75, 3.05) is 7.11 Å². The highest BCUT2D eigenvalue weighted by Gasteiger charge is 2.31. The average molecular weight is 300 g/mol. The first-order valence-corrected chi connectivity index (χ1v) is 5.95. The number of hydrogen-bond donors (Lipinski definition) is 1. The largest absolute Gasteiger partial charge is 0.497 e. The number of halogens is 4. The van der Waals surface area contributed by atoms with Crippen LogP contribution in [-0.4, -0.2) is 12.1 Å². The summed E-state index contributed by atoms with van der Waals surface area (Å²) in [5.74, 6) is -0.285. The van der Waals surface area contributed by atoms with Gasteiger partial charge in [0, 0.05) is 17.8 Å². The van der Waals surface area contributed by atoms with E-state index in [1.807, 2.05) is 0 Å². The van der Waals surface area contributed by atoms with Crippen LogP contribution in [0.5, 0.6) is 5.75 Å². The molecule has 0 bridgehead atoms. The molecular formula is C14H12F4N2O. The number of ether oxygens (including phenoxy) is 1. The topological polar surface area (TPSA) is 48.1 Å². The fraction of sp³-hybridized carbons (Fsp3) is 0.214. The summed E-state index contributed by atoms with van der Waals surface area (Å²) in [6.07, 6.45) is -3.79. The number of aromatic nitrogens is 1. The summed E-state index contributed by atoms with van der Waals surface area (Å²) in [5.41, 5.74) is 5.24. The maximum Gasteiger partial charge on any atom is 0.417 e. The Morgan fingerprint density at radius 2 is 1.90 bits per heavy atom. The number of hydrogen-bond acceptors (Lipinski definition) is 3. The number of rotatable bonds is 3. The van der Waals surface area contributed by atoms with Crippen molar-refractivity contribution in [2.45, 2.75) is 12.2 Å². The molecule has 1 aromatic heterocycles. The number of methoxy groups -OCH3 is 1. The van der Waals surface area contributed by atoms with E-state index in [9.17, 15) is 17.6 Å². The summed E-state index contributed by atoms with van der Waals surface area (Å²) in [7, 11) is 1.39. The van der Waals surface area contributed by atoms with Gasteiger partial charge in [0.25, 0.3) is 0 Å². The average Bonchev–Trinajstić information content (AvgIpc) is 2.45. The molecule has 3 nitrogen and oxygen atoms in total. The van der Waals surface area contributed by atoms with Gasteiger partial charge in [-0.05, 0) is 18.2 Å². The number of nitrogens with two attached hydrogens (primary N) is 1. The number of nitrogens with zero attached hydrogens (tertiary/aromatic N) is 1. The third-order valence-corrected chi connectivity index (χ3v) is 2.98. The standard InChI is InChI=1S/C14H12F4N2O/c1-21-9-3-4-10(11(15)6-9)13(19)12-5-2-8(7-20-12)14(16,17)18/h2-7,13H,19H2,1H3. The van der Waals surface area contributed by atoms with Crippen molar-refractivity contribution in [1.82, 2.24) is 4.98 Å². The molecule has 1 aromatic carbocycles. The van der Waals surface area contributed by atoms with Crippen molar-refractivity contribution in [3.63, 3.8) is 0 Å². The van der Waals surface area contributed by atoms with Crippen LogP contribution in [0.3, 0.4) is 0 Å². The SMILES string of the molecule is COc1ccc(C(N)c2ccc(C(F)(F)F)cn2)c(F)c1. The zero-order chi connectivity index (χ0) is 15.6. The van der Waals surface area contributed by atoms with Crippen LogP contribution in [0.25, 0.3) is 0 Å². The van der Waals surface area contributed by atoms with Gasteiger partial charge in [-0.3, -0.25) is 4.98 Å². The molecule has 1 unspecified atom stereocenters. The summed E-state index contributed by atoms with van der Waals surface area (Å²) in [6, 6.07) is 5.12. The van der Waals surface area contributed by atoms with Crippen molar-refractivity contribution in [1.29, 1.82) is 0 Å². The second kappa shape index (κ2) is 5.69. The van der Waals surface area contributed by atoms with Crippen LogP contribution in [0.15, 0.2) is 36.5 Å². The Hall–Kier alpha value is -2.15. The predicted molar refractivity (Wildman–Crippen MR) is 68.2 cm³/mol. The maximum absolute atomic E-state index is 13.9. The lowest BCUT2D eigenvalue weighted by Gasteiger charge is -2.14. The second-order valence-corrected chi connectivity index (χ2v) is 4.33. The van der Waals surface area contributed by atoms with Crippen LogP contribution in [0, 0.1) is 5.82 Å². The van der Waals surface area contributed by atoms with E-state index >= 15 is 0 Å². The second-order valence-electron chi connectivity index (χ2n) is 4.33. The number of benzene rings is 1. The van der Waals surface area contributed by atoms with Crippen LogP contribution >= 0.6 is 0 Å². The summed E-state index contributed by atoms with van der Waals surface area (Å²) in [4.78, 5) is 3.66. The minimum atomic E-state index is -4.47. The van der Waals surface area contributed by atoms with Gasteiger partial charge in [-0.25, -0.2) is 4.39 Å². The Kier molecular flexibility index (Phi) is 4.13. The van der Waals surface area contributed by atoms with Gasteiger partial charge in [0.1, 0.15) is 11.6 Å². The Bertz CT molecular complexity index is 626. The third-order valence-electron chi connectivity index (χ3n) is 2.98. The molecule has 0 saturated carbocycles. The fourth-order valence-electron chi connectivity index (χ4n) is 1.80. The van der Waals surface area contributed by atoms with Gasteiger partial charge in [0.2, 0.25) is 0 Å². The molecule has 2 N–H and O–H groups in total. The van der Waals surface area contributed by atoms with Crippen LogP contribution in [0.1, 0.15) is 22.9 Å². The van der Waals surface area contributed by atoms with E-state index in [1.165, 1.54) is 19.2 Å². The molecule has 2 rings (SSSR count). The van der Waals surface area contributed by atoms with E-state index in [2.05, 4.69) is 4.98 Å². The first-order valence-electron chi connectivity index (χ1n) is 5.95. The monoisotopic (exact) mass is 300 g/mol. The molecule has 0 saturated heterocycles. The summed E-state index contributed by atoms with van der Waals surface area (Å²) in [5, 5.41) is 0. The minimum absolute atomic E-state index is 0.128. The highest BCUT2D eigenvalue weighted by atomic mass is 19.4. The van der Waals surface area contributed by atoms with Crippen molar-refractivity contribution in [3.8, 4) is 5.75 Å². The van der Waals surface area contributed by atoms with Gasteiger partial charge in [-0.2, -0.15) is 13.2 Å². The molecule has 21 heavy (non-hydrogen) atoms. The molecule has 0 aliphatic heterocycles. The van der Waals surface area contributed by atoms with Crippen molar-refractivity contribution in [3.05, 3.63) is 59.2 Å². The predicted octanol–water partition coefficient (Wildman–Crippen LogP) is 3.30. The highest BCUT2D eigenvalue weighted by molar-refractivity contribution is 5.35. The molecular weight excluding hydrogens is 288 g/mol. The first-order chi connectivity index (χ1) is 9.82. The van der Waals surface area contributed by atoms with E-state index in [-0.39, 0.29) is 11.3 Å². The lowest BCUT2D eigenvalue weighted by Crippen LogP contribution is -2.16. The zero-order valence-electron chi connectivity index (χ0n) is 11.0. The molecule has 1 atom stereocenters. The molecule has 0 aliphatic rings. The van der Waals surface area contributed by atoms with Crippen molar-refractivity contribution >= 4 is 0 Å². The lowest BCUT2D eigenvalue weighted by molar-refractivity contribution is -0.137. The van der Waals surface area contributed by atoms with Gasteiger partial charge < -0.3 is 10.5 Å². The Labute approximate surface area is 118 Å². The van der Waals surface area contributed by atoms with Gasteiger partial charge >= 0.3 is 6.18 Å². The Balaban J connectivity index is 2.30. The quantitative estimate of drug-likeness (QED) is 0.885. The van der Waals surface area contributed by atoms with E-state index in [0.29, 0.717) is 11.9 Å².